The minimum absolute atomic E-state index is 0.00758. The molecule has 0 aromatic heterocycles. The number of rotatable bonds is 22. The summed E-state index contributed by atoms with van der Waals surface area (Å²) >= 11 is 0. The van der Waals surface area contributed by atoms with Gasteiger partial charge in [-0.2, -0.15) is 0 Å². The monoisotopic (exact) mass is 740 g/mol. The molecule has 7 amide bonds. The van der Waals surface area contributed by atoms with E-state index >= 15 is 0 Å². The second-order valence-corrected chi connectivity index (χ2v) is 12.7. The second-order valence-electron chi connectivity index (χ2n) is 12.7. The Morgan fingerprint density at radius 2 is 1.23 bits per heavy atom. The van der Waals surface area contributed by atoms with E-state index in [2.05, 4.69) is 31.9 Å². The highest BCUT2D eigenvalue weighted by molar-refractivity contribution is 5.94. The first-order valence-electron chi connectivity index (χ1n) is 16.8. The number of benzene rings is 2. The second kappa shape index (κ2) is 22.0. The third kappa shape index (κ3) is 17.2. The highest BCUT2D eigenvalue weighted by atomic mass is 16.4. The van der Waals surface area contributed by atoms with E-state index in [1.54, 1.807) is 56.3 Å². The van der Waals surface area contributed by atoms with Gasteiger partial charge in [-0.1, -0.05) is 56.3 Å². The lowest BCUT2D eigenvalue weighted by Gasteiger charge is -2.23. The Balaban J connectivity index is 2.13. The fourth-order valence-electron chi connectivity index (χ4n) is 4.88. The van der Waals surface area contributed by atoms with Crippen molar-refractivity contribution >= 4 is 47.3 Å². The number of carboxylic acids is 1. The van der Waals surface area contributed by atoms with Gasteiger partial charge in [-0.25, -0.2) is 4.79 Å². The lowest BCUT2D eigenvalue weighted by atomic mass is 10.0. The maximum atomic E-state index is 13.3. The van der Waals surface area contributed by atoms with Crippen molar-refractivity contribution in [2.75, 3.05) is 19.6 Å². The lowest BCUT2D eigenvalue weighted by Crippen LogP contribution is -2.56. The summed E-state index contributed by atoms with van der Waals surface area (Å²) in [5.41, 5.74) is 12.3. The van der Waals surface area contributed by atoms with Gasteiger partial charge in [-0.3, -0.25) is 33.6 Å². The molecular weight excluding hydrogens is 692 g/mol. The molecule has 288 valence electrons. The number of aliphatic carboxylic acids is 1. The number of aromatic hydroxyl groups is 1. The first-order valence-corrected chi connectivity index (χ1v) is 16.8. The van der Waals surface area contributed by atoms with Crippen molar-refractivity contribution in [2.24, 2.45) is 17.4 Å². The molecule has 0 aliphatic heterocycles. The van der Waals surface area contributed by atoms with Crippen LogP contribution in [0, 0.1) is 5.92 Å². The van der Waals surface area contributed by atoms with Crippen LogP contribution in [-0.2, 0) is 51.2 Å². The van der Waals surface area contributed by atoms with E-state index in [0.717, 1.165) is 0 Å². The normalized spacial score (nSPS) is 13.0. The Morgan fingerprint density at radius 3 is 1.83 bits per heavy atom. The van der Waals surface area contributed by atoms with Gasteiger partial charge in [0.25, 0.3) is 0 Å². The van der Waals surface area contributed by atoms with Crippen LogP contribution in [0.25, 0.3) is 0 Å². The Labute approximate surface area is 306 Å². The number of nitrogens with one attached hydrogen (secondary N) is 6. The third-order valence-corrected chi connectivity index (χ3v) is 7.61. The maximum absolute atomic E-state index is 13.3. The lowest BCUT2D eigenvalue weighted by molar-refractivity contribution is -0.142. The molecule has 0 saturated carbocycles. The Kier molecular flexibility index (Phi) is 17.9. The van der Waals surface area contributed by atoms with E-state index in [1.807, 2.05) is 0 Å². The summed E-state index contributed by atoms with van der Waals surface area (Å²) in [6.07, 6.45) is -0.454. The SMILES string of the molecule is CC(C)C[C@H](NC(=O)[C@H](Cc1ccccc1)NC(=O)CNC(=O)[C@H](CCC(=O)NCC(=O)NCC(N)=O)NC(=O)[C@@H](N)Cc1ccc(O)cc1)C(=O)O. The van der Waals surface area contributed by atoms with E-state index in [0.29, 0.717) is 11.1 Å². The van der Waals surface area contributed by atoms with Crippen molar-refractivity contribution in [3.05, 3.63) is 65.7 Å². The molecule has 0 aliphatic rings. The quantitative estimate of drug-likeness (QED) is 0.0612. The fraction of sp³-hybridized carbons (Fsp3) is 0.429. The predicted molar refractivity (Wildman–Crippen MR) is 190 cm³/mol. The zero-order valence-corrected chi connectivity index (χ0v) is 29.6. The van der Waals surface area contributed by atoms with E-state index in [-0.39, 0.29) is 43.8 Å². The van der Waals surface area contributed by atoms with Crippen LogP contribution in [0.3, 0.4) is 0 Å². The highest BCUT2D eigenvalue weighted by Crippen LogP contribution is 2.12. The van der Waals surface area contributed by atoms with Crippen molar-refractivity contribution in [2.45, 2.75) is 70.1 Å². The van der Waals surface area contributed by atoms with Crippen LogP contribution >= 0.6 is 0 Å². The molecule has 2 aromatic rings. The average molecular weight is 741 g/mol. The number of hydrogen-bond donors (Lipinski definition) is 10. The van der Waals surface area contributed by atoms with Crippen LogP contribution in [-0.4, -0.2) is 101 Å². The van der Waals surface area contributed by atoms with Crippen LogP contribution in [0.5, 0.6) is 5.75 Å². The number of nitrogens with two attached hydrogens (primary N) is 2. The third-order valence-electron chi connectivity index (χ3n) is 7.61. The van der Waals surface area contributed by atoms with Gasteiger partial charge in [0.2, 0.25) is 41.4 Å². The molecule has 0 spiro atoms. The molecule has 0 saturated heterocycles. The summed E-state index contributed by atoms with van der Waals surface area (Å²) in [6.45, 7) is 2.01. The molecule has 0 bridgehead atoms. The zero-order valence-electron chi connectivity index (χ0n) is 29.6. The van der Waals surface area contributed by atoms with Gasteiger partial charge in [-0.05, 0) is 48.4 Å². The van der Waals surface area contributed by atoms with Crippen LogP contribution < -0.4 is 43.4 Å². The minimum Gasteiger partial charge on any atom is -0.508 e. The number of phenols is 1. The van der Waals surface area contributed by atoms with Crippen molar-refractivity contribution < 1.29 is 48.6 Å². The molecule has 18 nitrogen and oxygen atoms in total. The number of amides is 7. The zero-order chi connectivity index (χ0) is 39.5. The van der Waals surface area contributed by atoms with Gasteiger partial charge in [0.05, 0.1) is 25.7 Å². The fourth-order valence-corrected chi connectivity index (χ4v) is 4.88. The van der Waals surface area contributed by atoms with Gasteiger partial charge in [0.1, 0.15) is 23.9 Å². The van der Waals surface area contributed by atoms with Crippen LogP contribution in [0.1, 0.15) is 44.2 Å². The summed E-state index contributed by atoms with van der Waals surface area (Å²) in [6, 6.07) is 9.67. The number of phenolic OH excluding ortho intramolecular Hbond substituents is 1. The molecule has 2 aromatic carbocycles. The number of carboxylic acid groups (broad SMARTS) is 1. The molecule has 0 aliphatic carbocycles. The summed E-state index contributed by atoms with van der Waals surface area (Å²) in [5, 5.41) is 33.5. The summed E-state index contributed by atoms with van der Waals surface area (Å²) < 4.78 is 0. The summed E-state index contributed by atoms with van der Waals surface area (Å²) in [7, 11) is 0. The van der Waals surface area contributed by atoms with Crippen LogP contribution in [0.2, 0.25) is 0 Å². The predicted octanol–water partition coefficient (Wildman–Crippen LogP) is -2.30. The average Bonchev–Trinajstić information content (AvgIpc) is 3.10. The molecule has 0 heterocycles. The molecule has 18 heteroatoms. The first kappa shape index (κ1) is 43.1. The minimum atomic E-state index is -1.38. The number of primary amides is 1. The molecule has 53 heavy (non-hydrogen) atoms. The van der Waals surface area contributed by atoms with Gasteiger partial charge in [0, 0.05) is 12.8 Å². The molecular formula is C35H48N8O10. The molecule has 0 unspecified atom stereocenters. The van der Waals surface area contributed by atoms with Gasteiger partial charge < -0.3 is 53.6 Å². The standard InChI is InChI=1S/C35H48N8O10/c1-20(2)14-27(35(52)53)43-34(51)26(16-21-6-4-3-5-7-21)41-31(48)19-40-33(50)25(12-13-29(46)39-18-30(47)38-17-28(37)45)42-32(49)24(36)15-22-8-10-23(44)11-9-22/h3-11,20,24-27,44H,12-19,36H2,1-2H3,(H2,37,45)(H,38,47)(H,39,46)(H,40,50)(H,41,48)(H,42,49)(H,43,51)(H,52,53)/t24-,25-,26-,27-/m0/s1. The number of carbonyl (C=O) groups is 8. The van der Waals surface area contributed by atoms with E-state index in [9.17, 15) is 48.6 Å². The van der Waals surface area contributed by atoms with Crippen molar-refractivity contribution in [3.8, 4) is 5.75 Å². The number of hydrogen-bond acceptors (Lipinski definition) is 10. The molecule has 0 radical (unpaired) electrons. The Hall–Kier alpha value is -6.04. The topological polar surface area (TPSA) is 301 Å². The summed E-state index contributed by atoms with van der Waals surface area (Å²) in [5.74, 6) is -6.61. The van der Waals surface area contributed by atoms with E-state index in [4.69, 9.17) is 11.5 Å². The van der Waals surface area contributed by atoms with Crippen molar-refractivity contribution in [3.63, 3.8) is 0 Å². The van der Waals surface area contributed by atoms with Crippen molar-refractivity contribution in [1.29, 1.82) is 0 Å². The molecule has 2 rings (SSSR count). The first-order chi connectivity index (χ1) is 25.0. The Bertz CT molecular complexity index is 1590. The smallest absolute Gasteiger partial charge is 0.326 e. The highest BCUT2D eigenvalue weighted by Gasteiger charge is 2.29. The Morgan fingerprint density at radius 1 is 0.642 bits per heavy atom. The van der Waals surface area contributed by atoms with Gasteiger partial charge in [-0.15, -0.1) is 0 Å². The van der Waals surface area contributed by atoms with Gasteiger partial charge >= 0.3 is 5.97 Å². The largest absolute Gasteiger partial charge is 0.508 e. The molecule has 12 N–H and O–H groups in total. The van der Waals surface area contributed by atoms with E-state index in [1.165, 1.54) is 12.1 Å². The summed E-state index contributed by atoms with van der Waals surface area (Å²) in [4.78, 5) is 99.6. The maximum Gasteiger partial charge on any atom is 0.326 e. The molecule has 4 atom stereocenters. The van der Waals surface area contributed by atoms with Gasteiger partial charge in [0.15, 0.2) is 0 Å². The molecule has 0 fully saturated rings. The van der Waals surface area contributed by atoms with Crippen LogP contribution in [0.15, 0.2) is 54.6 Å². The van der Waals surface area contributed by atoms with Crippen LogP contribution in [0.4, 0.5) is 0 Å². The van der Waals surface area contributed by atoms with E-state index < -0.39 is 91.1 Å². The number of carbonyl (C=O) groups excluding carboxylic acids is 7. The van der Waals surface area contributed by atoms with Crippen molar-refractivity contribution in [1.82, 2.24) is 31.9 Å².